The summed E-state index contributed by atoms with van der Waals surface area (Å²) in [7, 11) is 1.55. The van der Waals surface area contributed by atoms with Crippen LogP contribution in [0.5, 0.6) is 0 Å². The van der Waals surface area contributed by atoms with E-state index in [2.05, 4.69) is 55.6 Å². The van der Waals surface area contributed by atoms with E-state index < -0.39 is 20.0 Å². The van der Waals surface area contributed by atoms with Crippen molar-refractivity contribution >= 4 is 13.7 Å². The van der Waals surface area contributed by atoms with Gasteiger partial charge in [0.1, 0.15) is 13.2 Å². The van der Waals surface area contributed by atoms with Crippen LogP contribution < -0.4 is 5.32 Å². The van der Waals surface area contributed by atoms with Gasteiger partial charge in [0.25, 0.3) is 0 Å². The molecule has 0 bridgehead atoms. The molecule has 68 heavy (non-hydrogen) atoms. The maximum atomic E-state index is 12.9. The average Bonchev–Trinajstić information content (AvgIpc) is 3.30. The molecule has 0 aromatic carbocycles. The minimum absolute atomic E-state index is 0.0536. The normalized spacial score (nSPS) is 14.3. The fourth-order valence-electron chi connectivity index (χ4n) is 8.42. The molecule has 0 spiro atoms. The van der Waals surface area contributed by atoms with Crippen molar-refractivity contribution in [1.29, 1.82) is 0 Å². The molecule has 400 valence electrons. The van der Waals surface area contributed by atoms with Crippen molar-refractivity contribution in [2.45, 2.75) is 283 Å². The number of amides is 1. The van der Waals surface area contributed by atoms with Crippen LogP contribution in [0.2, 0.25) is 0 Å². The second kappa shape index (κ2) is 50.4. The largest absolute Gasteiger partial charge is 0.472 e. The summed E-state index contributed by atoms with van der Waals surface area (Å²) in [6.07, 6.45) is 66.6. The number of quaternary nitrogens is 1. The van der Waals surface area contributed by atoms with Gasteiger partial charge in [-0.2, -0.15) is 0 Å². The van der Waals surface area contributed by atoms with Gasteiger partial charge in [0, 0.05) is 6.42 Å². The highest BCUT2D eigenvalue weighted by Crippen LogP contribution is 2.43. The Balaban J connectivity index is 4.06. The van der Waals surface area contributed by atoms with Gasteiger partial charge in [0.15, 0.2) is 0 Å². The number of phosphoric acid groups is 1. The summed E-state index contributed by atoms with van der Waals surface area (Å²) in [6, 6.07) is -0.869. The van der Waals surface area contributed by atoms with Crippen molar-refractivity contribution in [3.8, 4) is 0 Å². The fourth-order valence-corrected chi connectivity index (χ4v) is 9.16. The fraction of sp³-hybridized carbons (Fsp3) is 0.847. The van der Waals surface area contributed by atoms with E-state index in [0.717, 1.165) is 44.9 Å². The van der Waals surface area contributed by atoms with Crippen LogP contribution in [0, 0.1) is 0 Å². The van der Waals surface area contributed by atoms with Crippen LogP contribution in [0.4, 0.5) is 0 Å². The first-order chi connectivity index (χ1) is 33.0. The van der Waals surface area contributed by atoms with Crippen molar-refractivity contribution in [2.24, 2.45) is 0 Å². The number of unbranched alkanes of at least 4 members (excludes halogenated alkanes) is 34. The van der Waals surface area contributed by atoms with Crippen LogP contribution in [-0.2, 0) is 18.4 Å². The molecule has 0 saturated carbocycles. The molecule has 0 saturated heterocycles. The molecule has 0 radical (unpaired) electrons. The smallest absolute Gasteiger partial charge is 0.387 e. The second-order valence-electron chi connectivity index (χ2n) is 21.0. The van der Waals surface area contributed by atoms with Gasteiger partial charge in [0.2, 0.25) is 5.91 Å². The zero-order valence-electron chi connectivity index (χ0n) is 45.6. The van der Waals surface area contributed by atoms with E-state index in [1.165, 1.54) is 205 Å². The highest BCUT2D eigenvalue weighted by Gasteiger charge is 2.27. The summed E-state index contributed by atoms with van der Waals surface area (Å²) in [4.78, 5) is 23.2. The summed E-state index contributed by atoms with van der Waals surface area (Å²) >= 11 is 0. The standard InChI is InChI=1S/C59H113N2O6P/c1-6-8-10-12-14-16-18-20-22-23-24-25-26-27-28-29-30-31-32-33-34-35-36-37-38-39-41-43-45-47-49-51-53-59(63)60-57(56-67-68(64,65)66-55-54-61(3,4)5)58(62)52-50-48-46-44-42-40-21-19-17-15-13-11-9-7-2/h17,19,27-28,42,44,50,52,57-58,62H,6-16,18,20-26,29-41,43,45-49,51,53-56H2,1-5H3,(H-,60,63,64,65)/p+1/b19-17+,28-27-,44-42+,52-50+. The summed E-state index contributed by atoms with van der Waals surface area (Å²) in [6.45, 7) is 4.78. The first-order valence-electron chi connectivity index (χ1n) is 29.0. The Morgan fingerprint density at radius 2 is 0.809 bits per heavy atom. The Hall–Kier alpha value is -1.54. The lowest BCUT2D eigenvalue weighted by molar-refractivity contribution is -0.870. The first-order valence-corrected chi connectivity index (χ1v) is 30.5. The van der Waals surface area contributed by atoms with Crippen LogP contribution in [0.25, 0.3) is 0 Å². The van der Waals surface area contributed by atoms with E-state index in [9.17, 15) is 19.4 Å². The highest BCUT2D eigenvalue weighted by molar-refractivity contribution is 7.47. The summed E-state index contributed by atoms with van der Waals surface area (Å²) in [5.74, 6) is -0.189. The maximum absolute atomic E-state index is 12.9. The number of aliphatic hydroxyl groups is 1. The molecule has 0 rings (SSSR count). The van der Waals surface area contributed by atoms with E-state index in [-0.39, 0.29) is 19.1 Å². The van der Waals surface area contributed by atoms with Crippen LogP contribution in [0.15, 0.2) is 48.6 Å². The molecule has 3 atom stereocenters. The number of allylic oxidation sites excluding steroid dienone is 7. The molecule has 9 heteroatoms. The summed E-state index contributed by atoms with van der Waals surface area (Å²) < 4.78 is 23.6. The third-order valence-electron chi connectivity index (χ3n) is 13.0. The molecule has 0 aromatic rings. The van der Waals surface area contributed by atoms with Gasteiger partial charge >= 0.3 is 7.82 Å². The molecule has 0 aliphatic rings. The molecule has 3 unspecified atom stereocenters. The van der Waals surface area contributed by atoms with Gasteiger partial charge in [-0.3, -0.25) is 13.8 Å². The minimum atomic E-state index is -4.35. The number of nitrogens with one attached hydrogen (secondary N) is 1. The van der Waals surface area contributed by atoms with Gasteiger partial charge in [-0.05, 0) is 70.6 Å². The van der Waals surface area contributed by atoms with Crippen LogP contribution in [-0.4, -0.2) is 73.4 Å². The molecule has 3 N–H and O–H groups in total. The Kier molecular flexibility index (Phi) is 49.3. The molecular formula is C59H114N2O6P+. The maximum Gasteiger partial charge on any atom is 0.472 e. The SMILES string of the molecule is CCCCCC/C=C/CC/C=C/CC/C=C/C(O)C(COP(=O)(O)OCC[N+](C)(C)C)NC(=O)CCCCCCCCCCCCCCCCCC/C=C\CCCCCCCCCCCCCC. The van der Waals surface area contributed by atoms with E-state index in [4.69, 9.17) is 9.05 Å². The van der Waals surface area contributed by atoms with E-state index in [0.29, 0.717) is 17.4 Å². The number of hydrogen-bond donors (Lipinski definition) is 3. The Morgan fingerprint density at radius 1 is 0.485 bits per heavy atom. The van der Waals surface area contributed by atoms with Gasteiger partial charge < -0.3 is 19.8 Å². The van der Waals surface area contributed by atoms with Gasteiger partial charge in [0.05, 0.1) is 39.9 Å². The third-order valence-corrected chi connectivity index (χ3v) is 14.0. The van der Waals surface area contributed by atoms with E-state index in [1.54, 1.807) is 6.08 Å². The first kappa shape index (κ1) is 66.5. The highest BCUT2D eigenvalue weighted by atomic mass is 31.2. The lowest BCUT2D eigenvalue weighted by Gasteiger charge is -2.25. The Morgan fingerprint density at radius 3 is 1.19 bits per heavy atom. The molecule has 0 aliphatic carbocycles. The molecule has 8 nitrogen and oxygen atoms in total. The number of carbonyl (C=O) groups is 1. The zero-order chi connectivity index (χ0) is 49.9. The minimum Gasteiger partial charge on any atom is -0.387 e. The number of nitrogens with zero attached hydrogens (tertiary/aromatic N) is 1. The van der Waals surface area contributed by atoms with Crippen LogP contribution >= 0.6 is 7.82 Å². The van der Waals surface area contributed by atoms with E-state index in [1.807, 2.05) is 27.2 Å². The van der Waals surface area contributed by atoms with Crippen LogP contribution in [0.1, 0.15) is 271 Å². The molecule has 1 amide bonds. The molecule has 0 fully saturated rings. The van der Waals surface area contributed by atoms with E-state index >= 15 is 0 Å². The molecular weight excluding hydrogens is 864 g/mol. The Bertz CT molecular complexity index is 1250. The van der Waals surface area contributed by atoms with Crippen molar-refractivity contribution in [3.63, 3.8) is 0 Å². The average molecular weight is 979 g/mol. The summed E-state index contributed by atoms with van der Waals surface area (Å²) in [5.41, 5.74) is 0. The Labute approximate surface area is 422 Å². The number of hydrogen-bond acceptors (Lipinski definition) is 5. The number of carbonyl (C=O) groups excluding carboxylic acids is 1. The molecule has 0 aliphatic heterocycles. The third kappa shape index (κ3) is 52.3. The number of aliphatic hydroxyl groups excluding tert-OH is 1. The number of likely N-dealkylation sites (N-methyl/N-ethyl adjacent to an activating group) is 1. The van der Waals surface area contributed by atoms with Gasteiger partial charge in [-0.15, -0.1) is 0 Å². The van der Waals surface area contributed by atoms with Gasteiger partial charge in [-0.1, -0.05) is 242 Å². The second-order valence-corrected chi connectivity index (χ2v) is 22.4. The lowest BCUT2D eigenvalue weighted by atomic mass is 10.0. The van der Waals surface area contributed by atoms with Crippen molar-refractivity contribution in [2.75, 3.05) is 40.9 Å². The number of rotatable bonds is 53. The van der Waals surface area contributed by atoms with Gasteiger partial charge in [-0.25, -0.2) is 4.57 Å². The predicted molar refractivity (Wildman–Crippen MR) is 295 cm³/mol. The molecule has 0 heterocycles. The van der Waals surface area contributed by atoms with Crippen molar-refractivity contribution < 1.29 is 32.9 Å². The summed E-state index contributed by atoms with van der Waals surface area (Å²) in [5, 5.41) is 13.9. The molecule has 0 aromatic heterocycles. The quantitative estimate of drug-likeness (QED) is 0.0243. The zero-order valence-corrected chi connectivity index (χ0v) is 46.5. The topological polar surface area (TPSA) is 105 Å². The lowest BCUT2D eigenvalue weighted by Crippen LogP contribution is -2.45. The van der Waals surface area contributed by atoms with Crippen molar-refractivity contribution in [1.82, 2.24) is 5.32 Å². The monoisotopic (exact) mass is 978 g/mol. The number of phosphoric ester groups is 1. The van der Waals surface area contributed by atoms with Crippen molar-refractivity contribution in [3.05, 3.63) is 48.6 Å². The van der Waals surface area contributed by atoms with Crippen LogP contribution in [0.3, 0.4) is 0 Å². The predicted octanol–water partition coefficient (Wildman–Crippen LogP) is 17.5.